The maximum absolute atomic E-state index is 9.16. The molecule has 0 unspecified atom stereocenters. The van der Waals surface area contributed by atoms with Gasteiger partial charge in [0.2, 0.25) is 0 Å². The van der Waals surface area contributed by atoms with Crippen molar-refractivity contribution in [2.24, 2.45) is 0 Å². The van der Waals surface area contributed by atoms with Crippen molar-refractivity contribution < 1.29 is 8.42 Å². The van der Waals surface area contributed by atoms with Crippen molar-refractivity contribution in [2.45, 2.75) is 59.3 Å². The Morgan fingerprint density at radius 3 is 0.950 bits per heavy atom. The lowest BCUT2D eigenvalue weighted by Crippen LogP contribution is -1.98. The summed E-state index contributed by atoms with van der Waals surface area (Å²) in [4.78, 5) is 0. The van der Waals surface area contributed by atoms with E-state index in [-0.39, 0.29) is 0 Å². The van der Waals surface area contributed by atoms with Crippen molar-refractivity contribution in [1.82, 2.24) is 0 Å². The van der Waals surface area contributed by atoms with Crippen molar-refractivity contribution >= 4 is 29.6 Å². The fraction of sp³-hybridized carbons (Fsp3) is 0.600. The summed E-state index contributed by atoms with van der Waals surface area (Å²) in [6.45, 7) is 13.6. The average molecular weight is 339 g/mol. The molecule has 0 N–H and O–H groups in total. The maximum atomic E-state index is 9.16. The second kappa shape index (κ2) is 8.26. The van der Waals surface area contributed by atoms with E-state index in [0.717, 1.165) is 0 Å². The Bertz CT molecular complexity index is 448. The van der Waals surface area contributed by atoms with Gasteiger partial charge in [0.1, 0.15) is 0 Å². The lowest BCUT2D eigenvalue weighted by molar-refractivity contribution is 0.621. The Morgan fingerprint density at radius 2 is 0.850 bits per heavy atom. The van der Waals surface area contributed by atoms with E-state index in [4.69, 9.17) is 8.42 Å². The average Bonchev–Trinajstić information content (AvgIpc) is 2.25. The smallest absolute Gasteiger partial charge is 0.195 e. The van der Waals surface area contributed by atoms with Gasteiger partial charge in [-0.05, 0) is 34.4 Å². The van der Waals surface area contributed by atoms with Gasteiger partial charge in [-0.1, -0.05) is 59.7 Å². The quantitative estimate of drug-likeness (QED) is 0.656. The van der Waals surface area contributed by atoms with Crippen LogP contribution in [0.15, 0.2) is 18.2 Å². The Balaban J connectivity index is 0.000000621. The van der Waals surface area contributed by atoms with Crippen molar-refractivity contribution in [3.05, 3.63) is 34.9 Å². The number of hydrogen-bond donors (Lipinski definition) is 0. The van der Waals surface area contributed by atoms with E-state index in [9.17, 15) is 0 Å². The fourth-order valence-electron chi connectivity index (χ4n) is 1.70. The zero-order valence-corrected chi connectivity index (χ0v) is 15.3. The van der Waals surface area contributed by atoms with Gasteiger partial charge >= 0.3 is 8.26 Å². The third kappa shape index (κ3) is 8.83. The molecule has 2 nitrogen and oxygen atoms in total. The third-order valence-electron chi connectivity index (χ3n) is 3.00. The van der Waals surface area contributed by atoms with Gasteiger partial charge in [-0.25, -0.2) is 0 Å². The molecule has 0 atom stereocenters. The van der Waals surface area contributed by atoms with Gasteiger partial charge in [-0.3, -0.25) is 0 Å². The molecule has 1 aromatic rings. The topological polar surface area (TPSA) is 34.1 Å². The lowest BCUT2D eigenvalue weighted by Gasteiger charge is -2.16. The number of hydrogen-bond acceptors (Lipinski definition) is 2. The van der Waals surface area contributed by atoms with Gasteiger partial charge in [-0.15, -0.1) is 0 Å². The molecule has 0 aliphatic carbocycles. The molecule has 0 saturated carbocycles. The van der Waals surface area contributed by atoms with Crippen LogP contribution in [0.1, 0.15) is 76.0 Å². The van der Waals surface area contributed by atoms with E-state index in [0.29, 0.717) is 17.8 Å². The van der Waals surface area contributed by atoms with Crippen LogP contribution in [0, 0.1) is 0 Å². The Morgan fingerprint density at radius 1 is 0.700 bits per heavy atom. The summed E-state index contributed by atoms with van der Waals surface area (Å²) in [6.07, 6.45) is 0. The molecular formula is C15H24Cl2O2S. The minimum Gasteiger partial charge on any atom is -0.195 e. The summed E-state index contributed by atoms with van der Waals surface area (Å²) >= 11 is 0. The van der Waals surface area contributed by atoms with Crippen LogP contribution >= 0.6 is 21.4 Å². The van der Waals surface area contributed by atoms with Crippen molar-refractivity contribution in [2.75, 3.05) is 0 Å². The maximum Gasteiger partial charge on any atom is 0.317 e. The molecule has 0 saturated heterocycles. The highest BCUT2D eigenvalue weighted by atomic mass is 36.0. The molecule has 1 rings (SSSR count). The van der Waals surface area contributed by atoms with Crippen LogP contribution in [-0.4, -0.2) is 8.42 Å². The van der Waals surface area contributed by atoms with E-state index < -0.39 is 8.26 Å². The molecule has 0 aliphatic rings. The van der Waals surface area contributed by atoms with Gasteiger partial charge < -0.3 is 0 Å². The first-order valence-corrected chi connectivity index (χ1v) is 9.84. The molecule has 0 heterocycles. The van der Waals surface area contributed by atoms with Crippen LogP contribution in [0.5, 0.6) is 0 Å². The minimum absolute atomic E-state index is 0.626. The first kappa shape index (κ1) is 19.8. The molecule has 0 bridgehead atoms. The summed E-state index contributed by atoms with van der Waals surface area (Å²) < 4.78 is 18.3. The predicted octanol–water partition coefficient (Wildman–Crippen LogP) is 5.77. The first-order chi connectivity index (χ1) is 8.91. The normalized spacial score (nSPS) is 11.8. The highest BCUT2D eigenvalue weighted by molar-refractivity contribution is 8.31. The van der Waals surface area contributed by atoms with E-state index in [1.807, 2.05) is 0 Å². The highest BCUT2D eigenvalue weighted by Gasteiger charge is 2.08. The Labute approximate surface area is 132 Å². The van der Waals surface area contributed by atoms with E-state index in [2.05, 4.69) is 81.1 Å². The first-order valence-electron chi connectivity index (χ1n) is 6.70. The Kier molecular flexibility index (Phi) is 8.15. The van der Waals surface area contributed by atoms with E-state index in [1.165, 1.54) is 16.7 Å². The molecule has 0 aliphatic heterocycles. The summed E-state index contributed by atoms with van der Waals surface area (Å²) in [6, 6.07) is 7.09. The van der Waals surface area contributed by atoms with Crippen molar-refractivity contribution in [3.8, 4) is 0 Å². The lowest BCUT2D eigenvalue weighted by atomic mass is 9.90. The molecule has 0 fully saturated rings. The molecule has 0 aromatic heterocycles. The number of benzene rings is 1. The van der Waals surface area contributed by atoms with Gasteiger partial charge in [0.25, 0.3) is 0 Å². The largest absolute Gasteiger partial charge is 0.317 e. The van der Waals surface area contributed by atoms with Crippen LogP contribution in [-0.2, 0) is 8.26 Å². The van der Waals surface area contributed by atoms with Gasteiger partial charge in [0.15, 0.2) is 0 Å². The standard InChI is InChI=1S/C15H24.Cl2O2S/c1-10(2)13-7-14(11(3)4)9-15(8-13)12(5)6;1-5(2,3)4/h7-12H,1-6H3;. The monoisotopic (exact) mass is 338 g/mol. The molecule has 0 amide bonds. The van der Waals surface area contributed by atoms with E-state index >= 15 is 0 Å². The van der Waals surface area contributed by atoms with Crippen LogP contribution < -0.4 is 0 Å². The zero-order chi connectivity index (χ0) is 16.1. The molecular weight excluding hydrogens is 315 g/mol. The van der Waals surface area contributed by atoms with Crippen molar-refractivity contribution in [3.63, 3.8) is 0 Å². The van der Waals surface area contributed by atoms with Crippen molar-refractivity contribution in [1.29, 1.82) is 0 Å². The van der Waals surface area contributed by atoms with Crippen LogP contribution in [0.2, 0.25) is 0 Å². The second-order valence-corrected chi connectivity index (χ2v) is 9.44. The fourth-order valence-corrected chi connectivity index (χ4v) is 1.70. The van der Waals surface area contributed by atoms with E-state index in [1.54, 1.807) is 0 Å². The Hall–Kier alpha value is -0.250. The summed E-state index contributed by atoms with van der Waals surface area (Å²) in [5.74, 6) is 1.88. The number of halogens is 2. The zero-order valence-electron chi connectivity index (χ0n) is 12.9. The molecule has 20 heavy (non-hydrogen) atoms. The van der Waals surface area contributed by atoms with Crippen LogP contribution in [0.25, 0.3) is 0 Å². The summed E-state index contributed by atoms with van der Waals surface area (Å²) in [5, 5.41) is 0. The van der Waals surface area contributed by atoms with Gasteiger partial charge in [-0.2, -0.15) is 8.42 Å². The molecule has 116 valence electrons. The minimum atomic E-state index is -3.72. The summed E-state index contributed by atoms with van der Waals surface area (Å²) in [5.41, 5.74) is 4.43. The summed E-state index contributed by atoms with van der Waals surface area (Å²) in [7, 11) is 4.81. The highest BCUT2D eigenvalue weighted by Crippen LogP contribution is 2.26. The van der Waals surface area contributed by atoms with Crippen LogP contribution in [0.3, 0.4) is 0 Å². The third-order valence-corrected chi connectivity index (χ3v) is 3.00. The molecule has 0 spiro atoms. The molecule has 5 heteroatoms. The van der Waals surface area contributed by atoms with Gasteiger partial charge in [0.05, 0.1) is 0 Å². The molecule has 0 radical (unpaired) electrons. The predicted molar refractivity (Wildman–Crippen MR) is 89.3 cm³/mol. The SMILES string of the molecule is CC(C)c1cc(C(C)C)cc(C(C)C)c1.O=S(=O)(Cl)Cl. The second-order valence-electron chi connectivity index (χ2n) is 5.78. The molecule has 1 aromatic carbocycles. The van der Waals surface area contributed by atoms with Crippen LogP contribution in [0.4, 0.5) is 0 Å². The van der Waals surface area contributed by atoms with Gasteiger partial charge in [0, 0.05) is 21.4 Å². The number of rotatable bonds is 3.